The fourth-order valence-corrected chi connectivity index (χ4v) is 5.32. The Morgan fingerprint density at radius 1 is 1.26 bits per heavy atom. The molecule has 0 spiro atoms. The zero-order valence-electron chi connectivity index (χ0n) is 19.2. The fraction of sp³-hybridized carbons (Fsp3) is 0.478. The fourth-order valence-electron chi connectivity index (χ4n) is 4.69. The van der Waals surface area contributed by atoms with Gasteiger partial charge in [0, 0.05) is 29.6 Å². The van der Waals surface area contributed by atoms with E-state index in [1.54, 1.807) is 4.90 Å². The first-order chi connectivity index (χ1) is 16.8. The molecule has 0 saturated carbocycles. The zero-order chi connectivity index (χ0) is 24.7. The lowest BCUT2D eigenvalue weighted by Crippen LogP contribution is -2.43. The molecular weight excluding hydrogens is 574 g/mol. The molecule has 12 heteroatoms. The van der Waals surface area contributed by atoms with Crippen LogP contribution in [0.25, 0.3) is 11.2 Å². The number of halogens is 2. The Labute approximate surface area is 214 Å². The molecule has 1 fully saturated rings. The van der Waals surface area contributed by atoms with E-state index in [0.29, 0.717) is 60.5 Å². The van der Waals surface area contributed by atoms with Gasteiger partial charge in [-0.1, -0.05) is 0 Å². The van der Waals surface area contributed by atoms with Gasteiger partial charge < -0.3 is 29.8 Å². The van der Waals surface area contributed by atoms with Crippen LogP contribution in [0.4, 0.5) is 10.2 Å². The molecule has 0 aliphatic carbocycles. The zero-order valence-corrected chi connectivity index (χ0v) is 21.4. The molecule has 10 nitrogen and oxygen atoms in total. The van der Waals surface area contributed by atoms with Crippen LogP contribution < -0.4 is 15.2 Å². The van der Waals surface area contributed by atoms with Crippen molar-refractivity contribution in [2.75, 3.05) is 25.6 Å². The predicted molar refractivity (Wildman–Crippen MR) is 133 cm³/mol. The Bertz CT molecular complexity index is 1270. The van der Waals surface area contributed by atoms with Crippen molar-refractivity contribution in [2.24, 2.45) is 5.92 Å². The van der Waals surface area contributed by atoms with Gasteiger partial charge in [-0.15, -0.1) is 0 Å². The third kappa shape index (κ3) is 4.85. The maximum Gasteiger partial charge on any atom is 0.312 e. The number of likely N-dealkylation sites (tertiary alicyclic amines) is 1. The number of nitrogens with zero attached hydrogens (tertiary/aromatic N) is 5. The summed E-state index contributed by atoms with van der Waals surface area (Å²) in [6.45, 7) is 3.50. The Kier molecular flexibility index (Phi) is 6.66. The van der Waals surface area contributed by atoms with Gasteiger partial charge in [-0.3, -0.25) is 4.79 Å². The number of nitrogens with two attached hydrogens (primary N) is 1. The third-order valence-electron chi connectivity index (χ3n) is 6.61. The highest BCUT2D eigenvalue weighted by Crippen LogP contribution is 2.36. The van der Waals surface area contributed by atoms with E-state index in [4.69, 9.17) is 20.2 Å². The van der Waals surface area contributed by atoms with Crippen LogP contribution in [-0.4, -0.2) is 61.4 Å². The molecule has 35 heavy (non-hydrogen) atoms. The van der Waals surface area contributed by atoms with E-state index in [-0.39, 0.29) is 18.5 Å². The highest BCUT2D eigenvalue weighted by Gasteiger charge is 2.26. The molecule has 3 aromatic rings. The summed E-state index contributed by atoms with van der Waals surface area (Å²) in [5, 5.41) is 9.57. The van der Waals surface area contributed by atoms with E-state index in [9.17, 15) is 14.3 Å². The van der Waals surface area contributed by atoms with E-state index in [1.165, 1.54) is 6.92 Å². The number of ether oxygens (including phenoxy) is 2. The molecule has 1 aromatic carbocycles. The van der Waals surface area contributed by atoms with Crippen molar-refractivity contribution in [3.05, 3.63) is 33.2 Å². The van der Waals surface area contributed by atoms with Crippen LogP contribution in [0.15, 0.2) is 12.1 Å². The lowest BCUT2D eigenvalue weighted by molar-refractivity contribution is -0.140. The van der Waals surface area contributed by atoms with Crippen LogP contribution in [0.5, 0.6) is 11.5 Å². The average molecular weight is 600 g/mol. The Hall–Kier alpha value is -2.74. The van der Waals surface area contributed by atoms with Crippen molar-refractivity contribution in [3.63, 3.8) is 0 Å². The van der Waals surface area contributed by atoms with Crippen molar-refractivity contribution in [2.45, 2.75) is 45.3 Å². The molecule has 2 aromatic heterocycles. The molecule has 1 atom stereocenters. The quantitative estimate of drug-likeness (QED) is 0.327. The van der Waals surface area contributed by atoms with E-state index in [2.05, 4.69) is 32.6 Å². The molecule has 2 aliphatic heterocycles. The molecule has 1 amide bonds. The highest BCUT2D eigenvalue weighted by atomic mass is 131. The van der Waals surface area contributed by atoms with Crippen molar-refractivity contribution in [1.29, 1.82) is 0 Å². The summed E-state index contributed by atoms with van der Waals surface area (Å²) in [5.41, 5.74) is 7.74. The van der Waals surface area contributed by atoms with Gasteiger partial charge >= 0.3 is 6.08 Å². The van der Waals surface area contributed by atoms with Crippen LogP contribution in [0, 0.1) is 15.6 Å². The minimum atomic E-state index is -0.981. The van der Waals surface area contributed by atoms with Gasteiger partial charge in [-0.25, -0.2) is 4.98 Å². The Morgan fingerprint density at radius 2 is 1.97 bits per heavy atom. The second-order valence-electron chi connectivity index (χ2n) is 8.94. The minimum Gasteiger partial charge on any atom is -0.454 e. The van der Waals surface area contributed by atoms with Crippen LogP contribution in [0.1, 0.15) is 37.6 Å². The van der Waals surface area contributed by atoms with Gasteiger partial charge in [0.15, 0.2) is 28.5 Å². The number of aliphatic hydroxyl groups is 1. The average Bonchev–Trinajstić information content (AvgIpc) is 3.41. The van der Waals surface area contributed by atoms with Crippen molar-refractivity contribution < 1.29 is 23.8 Å². The molecule has 0 unspecified atom stereocenters. The van der Waals surface area contributed by atoms with Gasteiger partial charge in [0.1, 0.15) is 11.9 Å². The highest BCUT2D eigenvalue weighted by molar-refractivity contribution is 14.1. The molecule has 1 saturated heterocycles. The number of hydrogen-bond acceptors (Lipinski definition) is 8. The summed E-state index contributed by atoms with van der Waals surface area (Å²) in [5.74, 6) is 2.28. The minimum absolute atomic E-state index is 0.0119. The van der Waals surface area contributed by atoms with Gasteiger partial charge in [0.05, 0.1) is 0 Å². The topological polar surface area (TPSA) is 129 Å². The van der Waals surface area contributed by atoms with Gasteiger partial charge in [-0.05, 0) is 72.4 Å². The summed E-state index contributed by atoms with van der Waals surface area (Å²) < 4.78 is 28.0. The van der Waals surface area contributed by atoms with Crippen LogP contribution in [-0.2, 0) is 17.8 Å². The van der Waals surface area contributed by atoms with Gasteiger partial charge in [0.2, 0.25) is 6.79 Å². The first kappa shape index (κ1) is 24.0. The van der Waals surface area contributed by atoms with Crippen molar-refractivity contribution >= 4 is 45.5 Å². The molecule has 186 valence electrons. The molecule has 0 bridgehead atoms. The maximum absolute atomic E-state index is 14.1. The Morgan fingerprint density at radius 3 is 2.69 bits per heavy atom. The summed E-state index contributed by atoms with van der Waals surface area (Å²) >= 11 is 2.26. The normalized spacial score (nSPS) is 16.7. The smallest absolute Gasteiger partial charge is 0.312 e. The summed E-state index contributed by atoms with van der Waals surface area (Å²) in [7, 11) is 0. The number of nitrogen functional groups attached to an aromatic ring is 1. The summed E-state index contributed by atoms with van der Waals surface area (Å²) in [6.07, 6.45) is 1.11. The lowest BCUT2D eigenvalue weighted by atomic mass is 9.93. The molecule has 2 aliphatic rings. The standard InChI is InChI=1S/C23H26FIN6O4/c1-12(32)22(33)30-5-2-13(3-6-30)4-7-31-18(27-19-20(26)28-23(24)29-21(19)31)9-14-8-16-17(10-15(14)25)35-11-34-16/h8,10,12-13,32H,2-7,9,11H2,1H3,(H2,26,28,29)/t12-/m0/s1/i25+4. The number of fused-ring (bicyclic) bond motifs is 2. The van der Waals surface area contributed by atoms with E-state index in [1.807, 2.05) is 16.7 Å². The number of hydrogen-bond donors (Lipinski definition) is 2. The Balaban J connectivity index is 1.38. The van der Waals surface area contributed by atoms with Gasteiger partial charge in [0.25, 0.3) is 5.91 Å². The number of piperidine rings is 1. The van der Waals surface area contributed by atoms with Crippen molar-refractivity contribution in [3.8, 4) is 11.5 Å². The maximum atomic E-state index is 14.1. The number of aryl methyl sites for hydroxylation is 1. The van der Waals surface area contributed by atoms with Crippen LogP contribution >= 0.6 is 22.6 Å². The van der Waals surface area contributed by atoms with E-state index >= 15 is 0 Å². The number of carbonyl (C=O) groups is 1. The number of imidazole rings is 1. The molecule has 5 rings (SSSR count). The number of anilines is 1. The number of amides is 1. The first-order valence-electron chi connectivity index (χ1n) is 11.5. The van der Waals surface area contributed by atoms with Gasteiger partial charge in [-0.2, -0.15) is 14.4 Å². The van der Waals surface area contributed by atoms with E-state index < -0.39 is 12.2 Å². The number of carbonyl (C=O) groups excluding carboxylic acids is 1. The van der Waals surface area contributed by atoms with E-state index in [0.717, 1.165) is 28.4 Å². The molecule has 0 radical (unpaired) electrons. The lowest BCUT2D eigenvalue weighted by Gasteiger charge is -2.32. The number of aliphatic hydroxyl groups excluding tert-OH is 1. The monoisotopic (exact) mass is 600 g/mol. The van der Waals surface area contributed by atoms with Crippen LogP contribution in [0.2, 0.25) is 0 Å². The number of aromatic nitrogens is 4. The molecule has 4 heterocycles. The summed E-state index contributed by atoms with van der Waals surface area (Å²) in [4.78, 5) is 26.1. The largest absolute Gasteiger partial charge is 0.454 e. The predicted octanol–water partition coefficient (Wildman–Crippen LogP) is 2.48. The first-order valence-corrected chi connectivity index (χ1v) is 12.6. The third-order valence-corrected chi connectivity index (χ3v) is 7.61. The second kappa shape index (κ2) is 9.72. The SMILES string of the molecule is C[C@H](O)C(=O)N1CCC(CCn2c(Cc3cc4c(cc3[131I])OCO4)nc3c(N)nc(F)nc32)CC1. The van der Waals surface area contributed by atoms with Crippen LogP contribution in [0.3, 0.4) is 0 Å². The molecular formula is C23H26FIN6O4. The van der Waals surface area contributed by atoms with Crippen molar-refractivity contribution in [1.82, 2.24) is 24.4 Å². The summed E-state index contributed by atoms with van der Waals surface area (Å²) in [6, 6.07) is 3.87. The molecule has 3 N–H and O–H groups in total. The number of benzene rings is 1. The number of rotatable bonds is 6. The second-order valence-corrected chi connectivity index (χ2v) is 10.1.